The fourth-order valence-electron chi connectivity index (χ4n) is 2.86. The third kappa shape index (κ3) is 9.14. The molecule has 0 aliphatic carbocycles. The smallest absolute Gasteiger partial charge is 0.356 e. The molecule has 3 amide bonds. The van der Waals surface area contributed by atoms with Gasteiger partial charge in [-0.3, -0.25) is 23.8 Å². The number of carbonyl (C=O) groups is 4. The molecule has 32 heavy (non-hydrogen) atoms. The van der Waals surface area contributed by atoms with Crippen LogP contribution >= 0.6 is 21.6 Å². The van der Waals surface area contributed by atoms with E-state index >= 15 is 0 Å². The number of nitrogens with one attached hydrogen (secondary N) is 1. The molecule has 1 fully saturated rings. The molecule has 2 N–H and O–H groups in total. The van der Waals surface area contributed by atoms with Crippen LogP contribution < -0.4 is 5.32 Å². The van der Waals surface area contributed by atoms with Crippen LogP contribution in [0.4, 0.5) is 0 Å². The number of carbonyl (C=O) groups excluding carboxylic acids is 4. The highest BCUT2D eigenvalue weighted by Gasteiger charge is 2.40. The lowest BCUT2D eigenvalue weighted by molar-refractivity contribution is -0.153. The molecule has 2 rings (SSSR count). The number of likely N-dealkylation sites (tertiary alicyclic amines) is 1. The van der Waals surface area contributed by atoms with Crippen LogP contribution in [0, 0.1) is 0 Å². The van der Waals surface area contributed by atoms with Crippen LogP contribution in [0.1, 0.15) is 38.5 Å². The number of nitrogens with zero attached hydrogens (tertiary/aromatic N) is 2. The summed E-state index contributed by atoms with van der Waals surface area (Å²) in [6.45, 7) is 0.304. The van der Waals surface area contributed by atoms with Gasteiger partial charge < -0.3 is 9.50 Å². The second kappa shape index (κ2) is 12.8. The van der Waals surface area contributed by atoms with Gasteiger partial charge in [-0.15, -0.1) is 0 Å². The number of pyridine rings is 1. The molecule has 0 radical (unpaired) electrons. The van der Waals surface area contributed by atoms with Crippen molar-refractivity contribution in [3.63, 3.8) is 0 Å². The molecule has 0 bridgehead atoms. The van der Waals surface area contributed by atoms with E-state index in [0.717, 1.165) is 5.03 Å². The molecule has 1 atom stereocenters. The van der Waals surface area contributed by atoms with Crippen LogP contribution in [0.15, 0.2) is 29.4 Å². The molecule has 1 aliphatic rings. The molecule has 1 aromatic heterocycles. The van der Waals surface area contributed by atoms with E-state index in [2.05, 4.69) is 14.5 Å². The Balaban J connectivity index is 1.70. The quantitative estimate of drug-likeness (QED) is 0.172. The first-order valence-corrected chi connectivity index (χ1v) is 13.4. The first-order chi connectivity index (χ1) is 15.2. The maximum Gasteiger partial charge on any atom is 0.449 e. The van der Waals surface area contributed by atoms with Crippen molar-refractivity contribution in [2.24, 2.45) is 0 Å². The van der Waals surface area contributed by atoms with E-state index < -0.39 is 34.2 Å². The molecule has 11 nitrogen and oxygen atoms in total. The van der Waals surface area contributed by atoms with Gasteiger partial charge in [-0.05, 0) is 42.2 Å². The Bertz CT molecular complexity index is 911. The molecule has 1 aromatic rings. The van der Waals surface area contributed by atoms with Crippen LogP contribution in [0.3, 0.4) is 0 Å². The van der Waals surface area contributed by atoms with Crippen LogP contribution in [0.25, 0.3) is 0 Å². The average Bonchev–Trinajstić information content (AvgIpc) is 3.05. The minimum absolute atomic E-state index is 0.0573. The van der Waals surface area contributed by atoms with Gasteiger partial charge in [-0.1, -0.05) is 16.9 Å². The van der Waals surface area contributed by atoms with Gasteiger partial charge in [0.25, 0.3) is 0 Å². The summed E-state index contributed by atoms with van der Waals surface area (Å²) in [4.78, 5) is 52.6. The number of unbranched alkanes of at least 4 members (excludes halogenated alkanes) is 1. The highest BCUT2D eigenvalue weighted by molar-refractivity contribution is 8.76. The minimum atomic E-state index is -5.07. The fraction of sp³-hybridized carbons (Fsp3) is 0.500. The third-order valence-corrected chi connectivity index (χ3v) is 6.92. The summed E-state index contributed by atoms with van der Waals surface area (Å²) in [7, 11) is -2.09. The molecule has 1 aliphatic heterocycles. The van der Waals surface area contributed by atoms with E-state index in [9.17, 15) is 27.6 Å². The van der Waals surface area contributed by atoms with Gasteiger partial charge in [-0.2, -0.15) is 8.42 Å². The van der Waals surface area contributed by atoms with Crippen molar-refractivity contribution in [1.82, 2.24) is 15.2 Å². The van der Waals surface area contributed by atoms with Crippen molar-refractivity contribution in [3.05, 3.63) is 24.4 Å². The molecule has 1 saturated heterocycles. The summed E-state index contributed by atoms with van der Waals surface area (Å²) in [6.07, 6.45) is 2.50. The van der Waals surface area contributed by atoms with Crippen molar-refractivity contribution < 1.29 is 36.3 Å². The lowest BCUT2D eigenvalue weighted by Crippen LogP contribution is -2.45. The van der Waals surface area contributed by atoms with Gasteiger partial charge in [0.2, 0.25) is 17.7 Å². The second-order valence-electron chi connectivity index (χ2n) is 6.67. The lowest BCUT2D eigenvalue weighted by Gasteiger charge is -2.23. The standard InChI is InChI=1S/C18H23N3O8S3/c22-14(9-12-30-31-15-6-2-4-11-20-15)19-10-3-1-5-13(18(25)29-32(26,27)28)21-16(23)7-8-17(21)24/h2,4,6,11,13H,1,3,5,7-10,12H2,(H,19,22)(H,26,27,28). The van der Waals surface area contributed by atoms with Crippen molar-refractivity contribution in [2.45, 2.75) is 49.6 Å². The summed E-state index contributed by atoms with van der Waals surface area (Å²) in [5, 5.41) is 3.59. The zero-order valence-corrected chi connectivity index (χ0v) is 19.4. The molecule has 176 valence electrons. The summed E-state index contributed by atoms with van der Waals surface area (Å²) in [6, 6.07) is 4.13. The van der Waals surface area contributed by atoms with E-state index in [1.807, 2.05) is 18.2 Å². The normalized spacial score (nSPS) is 15.0. The molecule has 0 saturated carbocycles. The maximum atomic E-state index is 12.1. The lowest BCUT2D eigenvalue weighted by atomic mass is 10.1. The minimum Gasteiger partial charge on any atom is -0.356 e. The molecule has 2 heterocycles. The van der Waals surface area contributed by atoms with E-state index in [1.54, 1.807) is 6.20 Å². The summed E-state index contributed by atoms with van der Waals surface area (Å²) in [5.74, 6) is -2.17. The number of rotatable bonds is 13. The molecule has 0 aromatic carbocycles. The molecule has 1 unspecified atom stereocenters. The van der Waals surface area contributed by atoms with Gasteiger partial charge >= 0.3 is 16.4 Å². The topological polar surface area (TPSA) is 160 Å². The SMILES string of the molecule is O=C(CCSSc1ccccn1)NCCCCC(C(=O)OS(=O)(=O)O)N1C(=O)CCC1=O. The Morgan fingerprint density at radius 1 is 1.22 bits per heavy atom. The predicted octanol–water partition coefficient (Wildman–Crippen LogP) is 1.36. The first kappa shape index (κ1) is 26.1. The molecule has 14 heteroatoms. The summed E-state index contributed by atoms with van der Waals surface area (Å²) in [5.41, 5.74) is 0. The zero-order chi connectivity index (χ0) is 23.6. The van der Waals surface area contributed by atoms with Crippen molar-refractivity contribution in [2.75, 3.05) is 12.3 Å². The fourth-order valence-corrected chi connectivity index (χ4v) is 5.05. The number of imide groups is 1. The number of amides is 3. The van der Waals surface area contributed by atoms with E-state index in [0.29, 0.717) is 36.5 Å². The van der Waals surface area contributed by atoms with Crippen molar-refractivity contribution in [3.8, 4) is 0 Å². The summed E-state index contributed by atoms with van der Waals surface area (Å²) >= 11 is 0. The molecular formula is C18H23N3O8S3. The largest absolute Gasteiger partial charge is 0.449 e. The van der Waals surface area contributed by atoms with Crippen molar-refractivity contribution in [1.29, 1.82) is 0 Å². The van der Waals surface area contributed by atoms with Gasteiger partial charge in [0.1, 0.15) is 11.1 Å². The van der Waals surface area contributed by atoms with Gasteiger partial charge in [0, 0.05) is 37.8 Å². The Labute approximate surface area is 193 Å². The monoisotopic (exact) mass is 505 g/mol. The van der Waals surface area contributed by atoms with Crippen LogP contribution in [0.2, 0.25) is 0 Å². The highest BCUT2D eigenvalue weighted by atomic mass is 33.1. The average molecular weight is 506 g/mol. The van der Waals surface area contributed by atoms with Crippen LogP contribution in [-0.2, 0) is 33.8 Å². The highest BCUT2D eigenvalue weighted by Crippen LogP contribution is 2.29. The number of hydrogen-bond acceptors (Lipinski definition) is 10. The first-order valence-electron chi connectivity index (χ1n) is 9.70. The van der Waals surface area contributed by atoms with Gasteiger partial charge in [0.15, 0.2) is 0 Å². The summed E-state index contributed by atoms with van der Waals surface area (Å²) < 4.78 is 34.3. The Kier molecular flexibility index (Phi) is 10.4. The third-order valence-electron chi connectivity index (χ3n) is 4.28. The van der Waals surface area contributed by atoms with E-state index in [-0.39, 0.29) is 25.2 Å². The van der Waals surface area contributed by atoms with E-state index in [1.165, 1.54) is 21.6 Å². The second-order valence-corrected chi connectivity index (χ2v) is 10.1. The van der Waals surface area contributed by atoms with E-state index in [4.69, 9.17) is 4.55 Å². The molecule has 0 spiro atoms. The number of aromatic nitrogens is 1. The maximum absolute atomic E-state index is 12.1. The van der Waals surface area contributed by atoms with Crippen LogP contribution in [-0.4, -0.2) is 64.9 Å². The Morgan fingerprint density at radius 2 is 1.94 bits per heavy atom. The Hall–Kier alpha value is -2.16. The Morgan fingerprint density at radius 3 is 2.56 bits per heavy atom. The predicted molar refractivity (Wildman–Crippen MR) is 117 cm³/mol. The number of hydrogen-bond donors (Lipinski definition) is 2. The van der Waals surface area contributed by atoms with Crippen molar-refractivity contribution >= 4 is 55.7 Å². The zero-order valence-electron chi connectivity index (χ0n) is 17.0. The van der Waals surface area contributed by atoms with Gasteiger partial charge in [-0.25, -0.2) is 9.78 Å². The van der Waals surface area contributed by atoms with Crippen LogP contribution in [0.5, 0.6) is 0 Å². The molecular weight excluding hydrogens is 482 g/mol. The van der Waals surface area contributed by atoms with Gasteiger partial charge in [0.05, 0.1) is 0 Å².